The fourth-order valence-corrected chi connectivity index (χ4v) is 6.78. The number of ketones is 1. The van der Waals surface area contributed by atoms with Crippen LogP contribution in [-0.2, 0) is 9.59 Å². The first-order chi connectivity index (χ1) is 10.8. The molecule has 4 nitrogen and oxygen atoms in total. The van der Waals surface area contributed by atoms with Crippen LogP contribution < -0.4 is 10.2 Å². The Kier molecular flexibility index (Phi) is 4.41. The first-order valence-electron chi connectivity index (χ1n) is 9.08. The third-order valence-corrected chi connectivity index (χ3v) is 8.65. The van der Waals surface area contributed by atoms with E-state index in [1.807, 2.05) is 6.92 Å². The third kappa shape index (κ3) is 2.25. The van der Waals surface area contributed by atoms with Crippen LogP contribution in [0.3, 0.4) is 0 Å². The van der Waals surface area contributed by atoms with E-state index in [0.717, 1.165) is 25.9 Å². The topological polar surface area (TPSA) is 50.6 Å². The summed E-state index contributed by atoms with van der Waals surface area (Å²) >= 11 is 3.58. The molecule has 23 heavy (non-hydrogen) atoms. The molecule has 1 aliphatic heterocycles. The molecule has 0 spiro atoms. The molecule has 3 rings (SSSR count). The average molecular weight is 386 g/mol. The van der Waals surface area contributed by atoms with E-state index in [0.29, 0.717) is 0 Å². The number of hydrogen-bond acceptors (Lipinski definition) is 2. The monoisotopic (exact) mass is 385 g/mol. The van der Waals surface area contributed by atoms with E-state index in [4.69, 9.17) is 0 Å². The molecule has 0 aromatic heterocycles. The summed E-state index contributed by atoms with van der Waals surface area (Å²) < 4.78 is 0. The molecule has 3 fully saturated rings. The molecule has 1 amide bonds. The molecule has 2 aliphatic carbocycles. The second-order valence-corrected chi connectivity index (χ2v) is 9.39. The number of fused-ring (bicyclic) bond motifs is 2. The smallest absolute Gasteiger partial charge is 0.228 e. The second-order valence-electron chi connectivity index (χ2n) is 8.47. The van der Waals surface area contributed by atoms with Gasteiger partial charge in [-0.25, -0.2) is 0 Å². The Balaban J connectivity index is 1.67. The highest BCUT2D eigenvalue weighted by molar-refractivity contribution is 9.10. The zero-order valence-corrected chi connectivity index (χ0v) is 16.2. The zero-order valence-electron chi connectivity index (χ0n) is 14.6. The normalized spacial score (nSPS) is 39.7. The highest BCUT2D eigenvalue weighted by atomic mass is 79.9. The lowest BCUT2D eigenvalue weighted by molar-refractivity contribution is -0.903. The largest absolute Gasteiger partial charge is 0.350 e. The summed E-state index contributed by atoms with van der Waals surface area (Å²) in [6.45, 7) is 10.4. The van der Waals surface area contributed by atoms with Gasteiger partial charge >= 0.3 is 0 Å². The molecule has 3 atom stereocenters. The SMILES string of the molecule is CC1(C)[C@]2(C)CC[C@@]1(C(=O)NCC[NH+]1CCCCC1)[C@@H](Br)C2=O. The number of carbonyl (C=O) groups excluding carboxylic acids is 2. The number of nitrogens with one attached hydrogen (secondary N) is 2. The van der Waals surface area contributed by atoms with Crippen molar-refractivity contribution >= 4 is 27.6 Å². The van der Waals surface area contributed by atoms with Gasteiger partial charge in [-0.2, -0.15) is 0 Å². The van der Waals surface area contributed by atoms with Gasteiger partial charge in [-0.05, 0) is 37.5 Å². The molecular weight excluding hydrogens is 356 g/mol. The summed E-state index contributed by atoms with van der Waals surface area (Å²) in [5.74, 6) is 0.293. The Bertz CT molecular complexity index is 515. The van der Waals surface area contributed by atoms with Crippen molar-refractivity contribution < 1.29 is 14.5 Å². The lowest BCUT2D eigenvalue weighted by Gasteiger charge is -2.39. The van der Waals surface area contributed by atoms with Gasteiger partial charge in [0.1, 0.15) is 0 Å². The number of carbonyl (C=O) groups is 2. The number of Topliss-reactive ketones (excluding diaryl/α,β-unsaturated/α-hetero) is 1. The van der Waals surface area contributed by atoms with Crippen LogP contribution in [0.5, 0.6) is 0 Å². The Morgan fingerprint density at radius 3 is 2.43 bits per heavy atom. The first kappa shape index (κ1) is 17.4. The quantitative estimate of drug-likeness (QED) is 0.717. The predicted octanol–water partition coefficient (Wildman–Crippen LogP) is 1.33. The number of alkyl halides is 1. The maximum Gasteiger partial charge on any atom is 0.228 e. The predicted molar refractivity (Wildman–Crippen MR) is 93.7 cm³/mol. The Morgan fingerprint density at radius 2 is 1.87 bits per heavy atom. The van der Waals surface area contributed by atoms with Crippen LogP contribution in [0.25, 0.3) is 0 Å². The number of piperidine rings is 1. The van der Waals surface area contributed by atoms with Crippen LogP contribution >= 0.6 is 15.9 Å². The molecule has 130 valence electrons. The lowest BCUT2D eigenvalue weighted by Crippen LogP contribution is -3.13. The van der Waals surface area contributed by atoms with Gasteiger partial charge in [-0.15, -0.1) is 0 Å². The van der Waals surface area contributed by atoms with Crippen molar-refractivity contribution in [2.45, 2.75) is 57.7 Å². The average Bonchev–Trinajstić information content (AvgIpc) is 2.80. The maximum atomic E-state index is 13.1. The van der Waals surface area contributed by atoms with Crippen molar-refractivity contribution in [3.8, 4) is 0 Å². The van der Waals surface area contributed by atoms with Crippen molar-refractivity contribution in [3.05, 3.63) is 0 Å². The Morgan fingerprint density at radius 1 is 1.22 bits per heavy atom. The number of halogens is 1. The first-order valence-corrected chi connectivity index (χ1v) is 9.99. The van der Waals surface area contributed by atoms with Crippen molar-refractivity contribution in [1.29, 1.82) is 0 Å². The van der Waals surface area contributed by atoms with E-state index in [-0.39, 0.29) is 27.3 Å². The minimum absolute atomic E-state index is 0.0790. The summed E-state index contributed by atoms with van der Waals surface area (Å²) in [6, 6.07) is 0. The molecule has 1 saturated heterocycles. The van der Waals surface area contributed by atoms with E-state index in [1.165, 1.54) is 32.4 Å². The summed E-state index contributed by atoms with van der Waals surface area (Å²) in [5.41, 5.74) is -1.26. The van der Waals surface area contributed by atoms with Crippen LogP contribution in [0.4, 0.5) is 0 Å². The van der Waals surface area contributed by atoms with Crippen LogP contribution in [0.2, 0.25) is 0 Å². The highest BCUT2D eigenvalue weighted by Gasteiger charge is 2.76. The standard InChI is InChI=1S/C18H29BrN2O2/c1-16(2)17(3)7-8-18(16,13(19)14(17)22)15(23)20-9-12-21-10-5-4-6-11-21/h13H,4-12H2,1-3H3,(H,20,23)/p+1/t13-,17+,18-/m0/s1. The van der Waals surface area contributed by atoms with Gasteiger partial charge in [0.05, 0.1) is 36.4 Å². The second kappa shape index (κ2) is 5.83. The molecule has 0 radical (unpaired) electrons. The van der Waals surface area contributed by atoms with Crippen LogP contribution in [-0.4, -0.2) is 42.7 Å². The minimum atomic E-state index is -0.587. The summed E-state index contributed by atoms with van der Waals surface area (Å²) in [7, 11) is 0. The van der Waals surface area contributed by atoms with Crippen LogP contribution in [0, 0.1) is 16.2 Å². The van der Waals surface area contributed by atoms with Crippen molar-refractivity contribution in [2.24, 2.45) is 16.2 Å². The van der Waals surface area contributed by atoms with Crippen molar-refractivity contribution in [2.75, 3.05) is 26.2 Å². The third-order valence-electron chi connectivity index (χ3n) is 7.45. The van der Waals surface area contributed by atoms with Gasteiger partial charge in [-0.1, -0.05) is 36.7 Å². The van der Waals surface area contributed by atoms with Crippen LogP contribution in [0.15, 0.2) is 0 Å². The van der Waals surface area contributed by atoms with Crippen molar-refractivity contribution in [3.63, 3.8) is 0 Å². The minimum Gasteiger partial charge on any atom is -0.350 e. The molecule has 2 saturated carbocycles. The Hall–Kier alpha value is -0.420. The highest BCUT2D eigenvalue weighted by Crippen LogP contribution is 2.72. The lowest BCUT2D eigenvalue weighted by atomic mass is 9.64. The summed E-state index contributed by atoms with van der Waals surface area (Å²) in [5, 5.41) is 3.17. The number of likely N-dealkylation sites (tertiary alicyclic amines) is 1. The van der Waals surface area contributed by atoms with Crippen molar-refractivity contribution in [1.82, 2.24) is 5.32 Å². The summed E-state index contributed by atoms with van der Waals surface area (Å²) in [6.07, 6.45) is 5.58. The van der Waals surface area contributed by atoms with E-state index >= 15 is 0 Å². The van der Waals surface area contributed by atoms with Gasteiger partial charge in [0.15, 0.2) is 5.78 Å². The summed E-state index contributed by atoms with van der Waals surface area (Å²) in [4.78, 5) is 27.0. The van der Waals surface area contributed by atoms with Gasteiger partial charge < -0.3 is 10.2 Å². The zero-order chi connectivity index (χ0) is 16.9. The molecule has 0 unspecified atom stereocenters. The molecule has 0 aromatic carbocycles. The molecular formula is C18H30BrN2O2+. The fraction of sp³-hybridized carbons (Fsp3) is 0.889. The molecule has 3 aliphatic rings. The molecule has 2 N–H and O–H groups in total. The van der Waals surface area contributed by atoms with E-state index < -0.39 is 5.41 Å². The molecule has 2 bridgehead atoms. The van der Waals surface area contributed by atoms with Gasteiger partial charge in [0.25, 0.3) is 0 Å². The molecule has 5 heteroatoms. The van der Waals surface area contributed by atoms with E-state index in [1.54, 1.807) is 4.90 Å². The number of quaternary nitrogens is 1. The number of amides is 1. The van der Waals surface area contributed by atoms with E-state index in [9.17, 15) is 9.59 Å². The maximum absolute atomic E-state index is 13.1. The van der Waals surface area contributed by atoms with Gasteiger partial charge in [0.2, 0.25) is 5.91 Å². The number of hydrogen-bond donors (Lipinski definition) is 2. The van der Waals surface area contributed by atoms with Crippen LogP contribution in [0.1, 0.15) is 52.9 Å². The Labute approximate surface area is 147 Å². The van der Waals surface area contributed by atoms with Gasteiger partial charge in [-0.3, -0.25) is 9.59 Å². The van der Waals surface area contributed by atoms with E-state index in [2.05, 4.69) is 35.1 Å². The number of rotatable bonds is 4. The fourth-order valence-electron chi connectivity index (χ4n) is 5.27. The molecule has 0 aromatic rings. The molecule has 1 heterocycles. The van der Waals surface area contributed by atoms with Gasteiger partial charge in [0, 0.05) is 5.41 Å².